The van der Waals surface area contributed by atoms with Gasteiger partial charge < -0.3 is 15.1 Å². The van der Waals surface area contributed by atoms with Gasteiger partial charge in [0.2, 0.25) is 11.5 Å². The highest BCUT2D eigenvalue weighted by Gasteiger charge is 2.44. The number of rotatable bonds is 12. The lowest BCUT2D eigenvalue weighted by Crippen LogP contribution is -2.28. The number of carbonyl (C=O) groups is 2. The molecular formula is C44H44F5N2O4S+. The summed E-state index contributed by atoms with van der Waals surface area (Å²) in [5.41, 5.74) is 5.40. The van der Waals surface area contributed by atoms with E-state index >= 15 is 8.78 Å². The summed E-state index contributed by atoms with van der Waals surface area (Å²) < 4.78 is 76.2. The number of hydrogen-bond acceptors (Lipinski definition) is 4. The third-order valence-electron chi connectivity index (χ3n) is 11.1. The van der Waals surface area contributed by atoms with Gasteiger partial charge in [0.1, 0.15) is 6.42 Å². The summed E-state index contributed by atoms with van der Waals surface area (Å²) in [6.45, 7) is 10.5. The Bertz CT molecular complexity index is 2240. The maximum atomic E-state index is 15.4. The predicted octanol–water partition coefficient (Wildman–Crippen LogP) is 10.7. The zero-order valence-electron chi connectivity index (χ0n) is 31.9. The Morgan fingerprint density at radius 2 is 1.41 bits per heavy atom. The van der Waals surface area contributed by atoms with E-state index in [1.165, 1.54) is 0 Å². The molecule has 1 unspecified atom stereocenters. The summed E-state index contributed by atoms with van der Waals surface area (Å²) >= 11 is 0.495. The summed E-state index contributed by atoms with van der Waals surface area (Å²) in [4.78, 5) is 24.7. The normalized spacial score (nSPS) is 20.1. The minimum absolute atomic E-state index is 0.0545. The number of fused-ring (bicyclic) bond motifs is 2. The lowest BCUT2D eigenvalue weighted by molar-refractivity contribution is -0.436. The van der Waals surface area contributed by atoms with Crippen molar-refractivity contribution in [2.24, 2.45) is 5.92 Å². The van der Waals surface area contributed by atoms with Crippen LogP contribution in [0.25, 0.3) is 0 Å². The molecule has 0 saturated carbocycles. The molecule has 0 saturated heterocycles. The molecule has 2 N–H and O–H groups in total. The highest BCUT2D eigenvalue weighted by Crippen LogP contribution is 2.50. The number of hydrogen-bond donors (Lipinski definition) is 2. The Labute approximate surface area is 327 Å². The fraction of sp³-hybridized carbons (Fsp3) is 0.341. The Balaban J connectivity index is 1.56. The van der Waals surface area contributed by atoms with Crippen LogP contribution in [0.2, 0.25) is 0 Å². The van der Waals surface area contributed by atoms with E-state index in [4.69, 9.17) is 0 Å². The lowest BCUT2D eigenvalue weighted by atomic mass is 9.80. The van der Waals surface area contributed by atoms with E-state index < -0.39 is 56.8 Å². The largest absolute Gasteiger partial charge is 0.481 e. The fourth-order valence-electron chi connectivity index (χ4n) is 8.11. The molecule has 6 rings (SSSR count). The maximum Gasteiger partial charge on any atom is 0.309 e. The molecule has 2 aliphatic heterocycles. The first-order valence-electron chi connectivity index (χ1n) is 18.6. The van der Waals surface area contributed by atoms with Crippen LogP contribution in [-0.4, -0.2) is 45.5 Å². The molecule has 3 aromatic rings. The van der Waals surface area contributed by atoms with Crippen LogP contribution in [0, 0.1) is 35.0 Å². The van der Waals surface area contributed by atoms with Gasteiger partial charge in [0, 0.05) is 46.0 Å². The third-order valence-corrected chi connectivity index (χ3v) is 12.4. The summed E-state index contributed by atoms with van der Waals surface area (Å²) in [7, 11) is 0. The Morgan fingerprint density at radius 3 is 2.05 bits per heavy atom. The van der Waals surface area contributed by atoms with Gasteiger partial charge in [-0.25, -0.2) is 22.0 Å². The van der Waals surface area contributed by atoms with E-state index in [0.717, 1.165) is 40.3 Å². The van der Waals surface area contributed by atoms with E-state index in [2.05, 4.69) is 0 Å². The molecule has 3 aromatic carbocycles. The topological polar surface area (TPSA) is 80.9 Å². The van der Waals surface area contributed by atoms with E-state index in [-0.39, 0.29) is 31.8 Å². The zero-order valence-corrected chi connectivity index (χ0v) is 32.7. The second-order valence-electron chi connectivity index (χ2n) is 15.4. The molecule has 1 aliphatic carbocycles. The Kier molecular flexibility index (Phi) is 11.5. The number of aliphatic carboxylic acids is 2. The fourth-order valence-corrected chi connectivity index (χ4v) is 9.23. The molecule has 56 heavy (non-hydrogen) atoms. The van der Waals surface area contributed by atoms with Crippen molar-refractivity contribution in [2.45, 2.75) is 82.4 Å². The molecule has 0 bridgehead atoms. The number of halogens is 5. The van der Waals surface area contributed by atoms with E-state index in [1.807, 2.05) is 117 Å². The van der Waals surface area contributed by atoms with Crippen LogP contribution in [0.4, 0.5) is 33.3 Å². The Hall–Kier alpha value is -4.97. The second kappa shape index (κ2) is 15.9. The predicted molar refractivity (Wildman–Crippen MR) is 208 cm³/mol. The number of benzene rings is 3. The molecule has 0 amide bonds. The van der Waals surface area contributed by atoms with E-state index in [1.54, 1.807) is 0 Å². The minimum Gasteiger partial charge on any atom is -0.481 e. The molecule has 1 atom stereocenters. The van der Waals surface area contributed by atoms with E-state index in [0.29, 0.717) is 40.7 Å². The van der Waals surface area contributed by atoms with Crippen LogP contribution in [-0.2, 0) is 20.4 Å². The highest BCUT2D eigenvalue weighted by atomic mass is 32.2. The van der Waals surface area contributed by atoms with Crippen LogP contribution in [0.5, 0.6) is 0 Å². The van der Waals surface area contributed by atoms with Gasteiger partial charge in [-0.2, -0.15) is 4.58 Å². The molecule has 12 heteroatoms. The molecular weight excluding hydrogens is 748 g/mol. The van der Waals surface area contributed by atoms with Crippen molar-refractivity contribution < 1.29 is 46.3 Å². The van der Waals surface area contributed by atoms with Crippen LogP contribution in [0.15, 0.2) is 99.5 Å². The molecule has 3 aliphatic rings. The van der Waals surface area contributed by atoms with Crippen molar-refractivity contribution in [3.05, 3.63) is 135 Å². The van der Waals surface area contributed by atoms with Gasteiger partial charge in [0.25, 0.3) is 0 Å². The van der Waals surface area contributed by atoms with Gasteiger partial charge in [-0.1, -0.05) is 87.5 Å². The van der Waals surface area contributed by atoms with Gasteiger partial charge in [0.05, 0.1) is 16.7 Å². The van der Waals surface area contributed by atoms with Crippen LogP contribution >= 0.6 is 11.8 Å². The summed E-state index contributed by atoms with van der Waals surface area (Å²) in [5.74, 6) is -12.0. The van der Waals surface area contributed by atoms with Crippen molar-refractivity contribution >= 4 is 40.8 Å². The number of nitrogens with zero attached hydrogens (tertiary/aromatic N) is 2. The number of carboxylic acid groups (broad SMARTS) is 2. The van der Waals surface area contributed by atoms with Gasteiger partial charge in [-0.05, 0) is 61.5 Å². The van der Waals surface area contributed by atoms with Crippen LogP contribution < -0.4 is 4.90 Å². The Morgan fingerprint density at radius 1 is 0.804 bits per heavy atom. The van der Waals surface area contributed by atoms with Gasteiger partial charge in [-0.15, -0.1) is 0 Å². The molecule has 2 heterocycles. The quantitative estimate of drug-likeness (QED) is 0.0823. The molecule has 0 aromatic heterocycles. The van der Waals surface area contributed by atoms with Gasteiger partial charge in [0.15, 0.2) is 35.5 Å². The second-order valence-corrected chi connectivity index (χ2v) is 16.4. The van der Waals surface area contributed by atoms with E-state index in [9.17, 15) is 33.0 Å². The first-order valence-corrected chi connectivity index (χ1v) is 19.4. The SMILES string of the molecule is CCC1CC(=CC=C2N(CCC(=O)O)c3ccccc3C2(C)C)C(Sc2c(F)c(F)c(F)c(F)c2F)=C(C=CC2=[N+](CCC(=O)O)c3ccccc3C2(C)C)C1. The number of carboxylic acids is 2. The van der Waals surface area contributed by atoms with Crippen molar-refractivity contribution in [2.75, 3.05) is 18.0 Å². The highest BCUT2D eigenvalue weighted by molar-refractivity contribution is 8.03. The average molecular weight is 792 g/mol. The molecule has 294 valence electrons. The van der Waals surface area contributed by atoms with Gasteiger partial charge >= 0.3 is 11.9 Å². The van der Waals surface area contributed by atoms with Crippen LogP contribution in [0.3, 0.4) is 0 Å². The first kappa shape index (κ1) is 40.7. The third kappa shape index (κ3) is 7.47. The van der Waals surface area contributed by atoms with Crippen molar-refractivity contribution in [3.63, 3.8) is 0 Å². The number of allylic oxidation sites excluding steroid dienone is 7. The van der Waals surface area contributed by atoms with Crippen LogP contribution in [0.1, 0.15) is 77.8 Å². The molecule has 6 nitrogen and oxygen atoms in total. The number of para-hydroxylation sites is 2. The summed E-state index contributed by atoms with van der Waals surface area (Å²) in [6.07, 6.45) is 8.73. The van der Waals surface area contributed by atoms with Crippen molar-refractivity contribution in [3.8, 4) is 0 Å². The molecule has 0 fully saturated rings. The van der Waals surface area contributed by atoms with Gasteiger partial charge in [-0.3, -0.25) is 9.59 Å². The summed E-state index contributed by atoms with van der Waals surface area (Å²) in [5, 5.41) is 19.1. The maximum absolute atomic E-state index is 15.4. The summed E-state index contributed by atoms with van der Waals surface area (Å²) in [6, 6.07) is 15.4. The zero-order chi connectivity index (χ0) is 40.7. The minimum atomic E-state index is -2.24. The number of thioether (sulfide) groups is 1. The monoisotopic (exact) mass is 791 g/mol. The number of anilines is 1. The lowest BCUT2D eigenvalue weighted by Gasteiger charge is -2.29. The molecule has 0 spiro atoms. The average Bonchev–Trinajstić information content (AvgIpc) is 3.52. The van der Waals surface area contributed by atoms with Crippen molar-refractivity contribution in [1.29, 1.82) is 0 Å². The van der Waals surface area contributed by atoms with Crippen molar-refractivity contribution in [1.82, 2.24) is 0 Å². The first-order chi connectivity index (χ1) is 26.5. The molecule has 0 radical (unpaired) electrons. The smallest absolute Gasteiger partial charge is 0.309 e. The standard InChI is InChI=1S/C44H43F5N2O4S/c1-6-25-23-26(15-17-32-43(2,3)28-11-7-9-13-30(28)50(32)21-19-34(52)53)41(56-42-39(48)37(46)36(45)38(47)40(42)49)27(24-25)16-18-33-44(4,5)29-12-8-10-14-31(29)51(33)22-20-35(54)55/h7-18,25H,6,19-24H2,1-5H3,(H-,52,53,54,55)/p+1.